The first-order valence-electron chi connectivity index (χ1n) is 9.27. The highest BCUT2D eigenvalue weighted by Gasteiger charge is 2.37. The molecule has 0 unspecified atom stereocenters. The number of benzene rings is 2. The van der Waals surface area contributed by atoms with E-state index in [1.54, 1.807) is 25.1 Å². The highest BCUT2D eigenvalue weighted by atomic mass is 79.9. The van der Waals surface area contributed by atoms with Crippen molar-refractivity contribution in [1.82, 2.24) is 0 Å². The molecule has 1 amide bonds. The van der Waals surface area contributed by atoms with Gasteiger partial charge in [0.1, 0.15) is 22.8 Å². The first kappa shape index (κ1) is 19.6. The van der Waals surface area contributed by atoms with Crippen LogP contribution < -0.4 is 10.1 Å². The Kier molecular flexibility index (Phi) is 4.73. The van der Waals surface area contributed by atoms with Crippen LogP contribution in [0.25, 0.3) is 11.0 Å². The fourth-order valence-corrected chi connectivity index (χ4v) is 3.93. The lowest BCUT2D eigenvalue weighted by molar-refractivity contribution is 0.0503. The number of furan rings is 1. The number of nitrogens with one attached hydrogen (secondary N) is 1. The molecule has 2 aromatic carbocycles. The maximum Gasteiger partial charge on any atom is 0.291 e. The Balaban J connectivity index is 1.76. The van der Waals surface area contributed by atoms with Gasteiger partial charge in [-0.3, -0.25) is 9.59 Å². The SMILES string of the molecule is CC[C@@]1(C)CC(=O)c2c(ccc3oc(C(=O)Nc4ccc(Br)cc4F)c(C)c23)O1. The van der Waals surface area contributed by atoms with Crippen molar-refractivity contribution in [3.05, 3.63) is 57.5 Å². The van der Waals surface area contributed by atoms with E-state index < -0.39 is 17.3 Å². The van der Waals surface area contributed by atoms with Crippen molar-refractivity contribution in [2.75, 3.05) is 5.32 Å². The van der Waals surface area contributed by atoms with Crippen molar-refractivity contribution in [3.8, 4) is 5.75 Å². The summed E-state index contributed by atoms with van der Waals surface area (Å²) in [6, 6.07) is 7.73. The predicted molar refractivity (Wildman–Crippen MR) is 111 cm³/mol. The summed E-state index contributed by atoms with van der Waals surface area (Å²) in [6.07, 6.45) is 0.957. The van der Waals surface area contributed by atoms with Crippen LogP contribution in [0.15, 0.2) is 39.2 Å². The Morgan fingerprint density at radius 1 is 1.31 bits per heavy atom. The Morgan fingerprint density at radius 2 is 2.07 bits per heavy atom. The standard InChI is InChI=1S/C22H19BrFNO4/c1-4-22(3)10-15(26)19-17(29-22)8-7-16-18(19)11(2)20(28-16)21(27)25-14-6-5-12(23)9-13(14)24/h5-9H,4,10H2,1-3H3,(H,25,27)/t22-/m0/s1. The molecule has 2 heterocycles. The second kappa shape index (κ2) is 6.99. The van der Waals surface area contributed by atoms with Gasteiger partial charge in [0.2, 0.25) is 0 Å². The number of halogens is 2. The molecule has 0 bridgehead atoms. The van der Waals surface area contributed by atoms with Crippen molar-refractivity contribution in [1.29, 1.82) is 0 Å². The largest absolute Gasteiger partial charge is 0.486 e. The average Bonchev–Trinajstić information content (AvgIpc) is 3.00. The quantitative estimate of drug-likeness (QED) is 0.519. The Labute approximate surface area is 175 Å². The molecule has 1 aliphatic heterocycles. The number of carbonyl (C=O) groups is 2. The van der Waals surface area contributed by atoms with E-state index in [1.165, 1.54) is 12.1 Å². The predicted octanol–water partition coefficient (Wildman–Crippen LogP) is 6.03. The third-order valence-corrected chi connectivity index (χ3v) is 5.85. The Bertz CT molecular complexity index is 1170. The molecule has 0 aliphatic carbocycles. The number of anilines is 1. The summed E-state index contributed by atoms with van der Waals surface area (Å²) >= 11 is 3.18. The van der Waals surface area contributed by atoms with Crippen molar-refractivity contribution in [2.45, 2.75) is 39.2 Å². The van der Waals surface area contributed by atoms with Crippen LogP contribution in [0.1, 0.15) is 53.2 Å². The number of rotatable bonds is 3. The van der Waals surface area contributed by atoms with E-state index in [9.17, 15) is 14.0 Å². The molecule has 1 aliphatic rings. The molecule has 150 valence electrons. The molecule has 5 nitrogen and oxygen atoms in total. The van der Waals surface area contributed by atoms with Crippen LogP contribution in [-0.4, -0.2) is 17.3 Å². The minimum Gasteiger partial charge on any atom is -0.486 e. The van der Waals surface area contributed by atoms with Gasteiger partial charge in [0.15, 0.2) is 11.5 Å². The third kappa shape index (κ3) is 3.33. The number of hydrogen-bond acceptors (Lipinski definition) is 4. The molecule has 1 N–H and O–H groups in total. The van der Waals surface area contributed by atoms with E-state index in [1.807, 2.05) is 13.8 Å². The summed E-state index contributed by atoms with van der Waals surface area (Å²) in [4.78, 5) is 25.6. The summed E-state index contributed by atoms with van der Waals surface area (Å²) in [5, 5.41) is 3.09. The third-order valence-electron chi connectivity index (χ3n) is 5.36. The lowest BCUT2D eigenvalue weighted by Gasteiger charge is -2.34. The molecule has 1 aromatic heterocycles. The molecule has 3 aromatic rings. The van der Waals surface area contributed by atoms with Gasteiger partial charge in [0.05, 0.1) is 17.7 Å². The molecule has 4 rings (SSSR count). The number of amides is 1. The van der Waals surface area contributed by atoms with E-state index in [4.69, 9.17) is 9.15 Å². The molecule has 29 heavy (non-hydrogen) atoms. The van der Waals surface area contributed by atoms with Crippen molar-refractivity contribution in [2.24, 2.45) is 0 Å². The maximum atomic E-state index is 14.1. The number of Topliss-reactive ketones (excluding diaryl/α,β-unsaturated/α-hetero) is 1. The highest BCUT2D eigenvalue weighted by Crippen LogP contribution is 2.41. The first-order chi connectivity index (χ1) is 13.7. The van der Waals surface area contributed by atoms with Crippen LogP contribution in [0.2, 0.25) is 0 Å². The minimum absolute atomic E-state index is 0.0346. The first-order valence-corrected chi connectivity index (χ1v) is 10.1. The van der Waals surface area contributed by atoms with E-state index in [2.05, 4.69) is 21.2 Å². The minimum atomic E-state index is -0.587. The van der Waals surface area contributed by atoms with E-state index in [0.29, 0.717) is 38.7 Å². The summed E-state index contributed by atoms with van der Waals surface area (Å²) in [5.74, 6) is -0.672. The van der Waals surface area contributed by atoms with Gasteiger partial charge in [0.25, 0.3) is 5.91 Å². The van der Waals surface area contributed by atoms with Crippen LogP contribution in [0.3, 0.4) is 0 Å². The average molecular weight is 460 g/mol. The summed E-state index contributed by atoms with van der Waals surface area (Å²) < 4.78 is 26.5. The topological polar surface area (TPSA) is 68.5 Å². The van der Waals surface area contributed by atoms with Gasteiger partial charge in [0, 0.05) is 15.4 Å². The van der Waals surface area contributed by atoms with Gasteiger partial charge < -0.3 is 14.5 Å². The van der Waals surface area contributed by atoms with Gasteiger partial charge in [-0.15, -0.1) is 0 Å². The lowest BCUT2D eigenvalue weighted by atomic mass is 9.87. The molecular formula is C22H19BrFNO4. The van der Waals surface area contributed by atoms with E-state index in [0.717, 1.165) is 0 Å². The number of aryl methyl sites for hydroxylation is 1. The van der Waals surface area contributed by atoms with Gasteiger partial charge in [-0.1, -0.05) is 22.9 Å². The van der Waals surface area contributed by atoms with Crippen molar-refractivity contribution < 1.29 is 23.1 Å². The van der Waals surface area contributed by atoms with Crippen molar-refractivity contribution >= 4 is 44.3 Å². The number of fused-ring (bicyclic) bond motifs is 3. The molecule has 0 saturated heterocycles. The Morgan fingerprint density at radius 3 is 2.76 bits per heavy atom. The maximum absolute atomic E-state index is 14.1. The fraction of sp³-hybridized carbons (Fsp3) is 0.273. The molecule has 7 heteroatoms. The second-order valence-electron chi connectivity index (χ2n) is 7.45. The second-order valence-corrected chi connectivity index (χ2v) is 8.37. The lowest BCUT2D eigenvalue weighted by Crippen LogP contribution is -2.38. The van der Waals surface area contributed by atoms with Gasteiger partial charge in [-0.2, -0.15) is 0 Å². The Hall–Kier alpha value is -2.67. The summed E-state index contributed by atoms with van der Waals surface area (Å²) in [6.45, 7) is 5.59. The fourth-order valence-electron chi connectivity index (χ4n) is 3.60. The molecule has 1 atom stereocenters. The normalized spacial score (nSPS) is 18.4. The van der Waals surface area contributed by atoms with Crippen LogP contribution in [0.4, 0.5) is 10.1 Å². The smallest absolute Gasteiger partial charge is 0.291 e. The number of carbonyl (C=O) groups excluding carboxylic acids is 2. The monoisotopic (exact) mass is 459 g/mol. The van der Waals surface area contributed by atoms with Crippen LogP contribution in [0.5, 0.6) is 5.75 Å². The van der Waals surface area contributed by atoms with Crippen LogP contribution in [-0.2, 0) is 0 Å². The molecule has 0 spiro atoms. The zero-order chi connectivity index (χ0) is 20.9. The molecule has 0 saturated carbocycles. The highest BCUT2D eigenvalue weighted by molar-refractivity contribution is 9.10. The number of hydrogen-bond donors (Lipinski definition) is 1. The van der Waals surface area contributed by atoms with Gasteiger partial charge >= 0.3 is 0 Å². The van der Waals surface area contributed by atoms with E-state index in [-0.39, 0.29) is 23.7 Å². The molecular weight excluding hydrogens is 441 g/mol. The molecule has 0 fully saturated rings. The number of ether oxygens (including phenoxy) is 1. The zero-order valence-corrected chi connectivity index (χ0v) is 17.8. The summed E-state index contributed by atoms with van der Waals surface area (Å²) in [5.41, 5.74) is 0.861. The zero-order valence-electron chi connectivity index (χ0n) is 16.2. The van der Waals surface area contributed by atoms with E-state index >= 15 is 0 Å². The van der Waals surface area contributed by atoms with Crippen molar-refractivity contribution in [3.63, 3.8) is 0 Å². The van der Waals surface area contributed by atoms with Crippen LogP contribution >= 0.6 is 15.9 Å². The molecule has 0 radical (unpaired) electrons. The van der Waals surface area contributed by atoms with Gasteiger partial charge in [-0.05, 0) is 50.6 Å². The van der Waals surface area contributed by atoms with Gasteiger partial charge in [-0.25, -0.2) is 4.39 Å². The van der Waals surface area contributed by atoms with Crippen LogP contribution in [0, 0.1) is 12.7 Å². The number of ketones is 1. The summed E-state index contributed by atoms with van der Waals surface area (Å²) in [7, 11) is 0.